The summed E-state index contributed by atoms with van der Waals surface area (Å²) in [5, 5.41) is 13.3. The lowest BCUT2D eigenvalue weighted by atomic mass is 10.2. The molecule has 2 rings (SSSR count). The summed E-state index contributed by atoms with van der Waals surface area (Å²) < 4.78 is 5.07. The van der Waals surface area contributed by atoms with Crippen LogP contribution in [0.1, 0.15) is 16.3 Å². The third-order valence-corrected chi connectivity index (χ3v) is 3.51. The van der Waals surface area contributed by atoms with E-state index >= 15 is 0 Å². The predicted molar refractivity (Wildman–Crippen MR) is 89.7 cm³/mol. The van der Waals surface area contributed by atoms with E-state index in [4.69, 9.17) is 4.74 Å². The lowest BCUT2D eigenvalue weighted by Gasteiger charge is -2.10. The Balaban J connectivity index is 2.34. The van der Waals surface area contributed by atoms with Gasteiger partial charge < -0.3 is 15.0 Å². The lowest BCUT2D eigenvalue weighted by Crippen LogP contribution is -2.20. The second-order valence-corrected chi connectivity index (χ2v) is 5.47. The number of non-ortho nitro benzene ring substituents is 1. The molecule has 10 heteroatoms. The predicted octanol–water partition coefficient (Wildman–Crippen LogP) is 1.80. The van der Waals surface area contributed by atoms with Crippen molar-refractivity contribution in [2.24, 2.45) is 0 Å². The number of hydrogen-bond acceptors (Lipinski definition) is 7. The van der Waals surface area contributed by atoms with Crippen LogP contribution in [0.4, 0.5) is 11.4 Å². The molecule has 1 amide bonds. The number of benzene rings is 1. The highest BCUT2D eigenvalue weighted by Crippen LogP contribution is 2.29. The van der Waals surface area contributed by atoms with Crippen LogP contribution >= 0.6 is 11.8 Å². The molecule has 0 saturated heterocycles. The molecule has 1 heterocycles. The Bertz CT molecular complexity index is 836. The van der Waals surface area contributed by atoms with E-state index in [0.717, 1.165) is 6.07 Å². The highest BCUT2D eigenvalue weighted by atomic mass is 32.2. The van der Waals surface area contributed by atoms with Gasteiger partial charge in [0.05, 0.1) is 23.5 Å². The van der Waals surface area contributed by atoms with Gasteiger partial charge in [0.1, 0.15) is 17.3 Å². The van der Waals surface area contributed by atoms with E-state index in [2.05, 4.69) is 15.3 Å². The molecule has 0 fully saturated rings. The Labute approximate surface area is 140 Å². The standard InChI is InChI=1S/C14H14N4O5S/c1-23-11-4-3-8(18(21)22)5-9(11)16-14(20)10-6-13(19)17-12(15-10)7-24-2/h3-6H,7H2,1-2H3,(H,16,20)(H,15,17,19). The lowest BCUT2D eigenvalue weighted by molar-refractivity contribution is -0.384. The zero-order valence-corrected chi connectivity index (χ0v) is 13.7. The number of hydrogen-bond donors (Lipinski definition) is 2. The SMILES string of the molecule is COc1ccc([N+](=O)[O-])cc1NC(=O)c1cc(=O)[nH]c(CSC)n1. The quantitative estimate of drug-likeness (QED) is 0.600. The monoisotopic (exact) mass is 350 g/mol. The van der Waals surface area contributed by atoms with Gasteiger partial charge in [-0.2, -0.15) is 11.8 Å². The number of anilines is 1. The third-order valence-electron chi connectivity index (χ3n) is 2.95. The molecule has 0 radical (unpaired) electrons. The van der Waals surface area contributed by atoms with Crippen molar-refractivity contribution in [3.8, 4) is 5.75 Å². The third kappa shape index (κ3) is 4.10. The van der Waals surface area contributed by atoms with Crippen molar-refractivity contribution in [1.82, 2.24) is 9.97 Å². The van der Waals surface area contributed by atoms with Crippen LogP contribution in [0.3, 0.4) is 0 Å². The Kier molecular flexibility index (Phi) is 5.53. The second kappa shape index (κ2) is 7.59. The van der Waals surface area contributed by atoms with Crippen LogP contribution in [-0.4, -0.2) is 34.2 Å². The summed E-state index contributed by atoms with van der Waals surface area (Å²) in [6.45, 7) is 0. The molecule has 9 nitrogen and oxygen atoms in total. The first-order chi connectivity index (χ1) is 11.4. The van der Waals surface area contributed by atoms with Gasteiger partial charge in [-0.05, 0) is 12.3 Å². The van der Waals surface area contributed by atoms with Crippen molar-refractivity contribution in [3.05, 3.63) is 56.3 Å². The van der Waals surface area contributed by atoms with Crippen LogP contribution in [0.15, 0.2) is 29.1 Å². The summed E-state index contributed by atoms with van der Waals surface area (Å²) in [5.74, 6) is 0.396. The van der Waals surface area contributed by atoms with Gasteiger partial charge in [0.25, 0.3) is 17.2 Å². The number of H-pyrrole nitrogens is 1. The Morgan fingerprint density at radius 3 is 2.83 bits per heavy atom. The number of carbonyl (C=O) groups excluding carboxylic acids is 1. The summed E-state index contributed by atoms with van der Waals surface area (Å²) in [6, 6.07) is 4.87. The average Bonchev–Trinajstić information content (AvgIpc) is 2.54. The van der Waals surface area contributed by atoms with E-state index in [0.29, 0.717) is 11.6 Å². The molecule has 1 aromatic heterocycles. The van der Waals surface area contributed by atoms with E-state index in [1.807, 2.05) is 6.26 Å². The average molecular weight is 350 g/mol. The maximum absolute atomic E-state index is 12.3. The minimum atomic E-state index is -0.665. The molecule has 0 aliphatic carbocycles. The van der Waals surface area contributed by atoms with E-state index in [1.54, 1.807) is 0 Å². The fourth-order valence-corrected chi connectivity index (χ4v) is 2.33. The number of aromatic amines is 1. The maximum atomic E-state index is 12.3. The van der Waals surface area contributed by atoms with Gasteiger partial charge in [-0.25, -0.2) is 4.98 Å². The van der Waals surface area contributed by atoms with Crippen LogP contribution in [0.5, 0.6) is 5.75 Å². The number of ether oxygens (including phenoxy) is 1. The zero-order chi connectivity index (χ0) is 17.7. The smallest absolute Gasteiger partial charge is 0.274 e. The first kappa shape index (κ1) is 17.5. The van der Waals surface area contributed by atoms with Crippen molar-refractivity contribution in [2.45, 2.75) is 5.75 Å². The number of nitro groups is 1. The van der Waals surface area contributed by atoms with Crippen LogP contribution < -0.4 is 15.6 Å². The zero-order valence-electron chi connectivity index (χ0n) is 12.9. The largest absolute Gasteiger partial charge is 0.495 e. The van der Waals surface area contributed by atoms with Crippen LogP contribution in [-0.2, 0) is 5.75 Å². The van der Waals surface area contributed by atoms with Crippen molar-refractivity contribution in [1.29, 1.82) is 0 Å². The van der Waals surface area contributed by atoms with Crippen LogP contribution in [0.2, 0.25) is 0 Å². The van der Waals surface area contributed by atoms with E-state index in [1.165, 1.54) is 37.1 Å². The summed E-state index contributed by atoms with van der Waals surface area (Å²) in [4.78, 5) is 40.8. The first-order valence-corrected chi connectivity index (χ1v) is 8.07. The molecule has 1 aromatic carbocycles. The molecule has 2 N–H and O–H groups in total. The van der Waals surface area contributed by atoms with Gasteiger partial charge in [0.2, 0.25) is 0 Å². The molecule has 0 spiro atoms. The molecule has 0 saturated carbocycles. The Morgan fingerprint density at radius 2 is 2.21 bits per heavy atom. The minimum Gasteiger partial charge on any atom is -0.495 e. The molecule has 24 heavy (non-hydrogen) atoms. The number of nitrogens with zero attached hydrogens (tertiary/aromatic N) is 2. The van der Waals surface area contributed by atoms with E-state index < -0.39 is 16.4 Å². The highest BCUT2D eigenvalue weighted by Gasteiger charge is 2.16. The van der Waals surface area contributed by atoms with Crippen molar-refractivity contribution < 1.29 is 14.5 Å². The molecular weight excluding hydrogens is 336 g/mol. The van der Waals surface area contributed by atoms with E-state index in [9.17, 15) is 19.7 Å². The number of thioether (sulfide) groups is 1. The van der Waals surface area contributed by atoms with Gasteiger partial charge in [-0.3, -0.25) is 19.7 Å². The fraction of sp³-hybridized carbons (Fsp3) is 0.214. The fourth-order valence-electron chi connectivity index (χ4n) is 1.92. The highest BCUT2D eigenvalue weighted by molar-refractivity contribution is 7.97. The van der Waals surface area contributed by atoms with Crippen molar-refractivity contribution >= 4 is 29.0 Å². The summed E-state index contributed by atoms with van der Waals surface area (Å²) in [7, 11) is 1.37. The number of nitrogens with one attached hydrogen (secondary N) is 2. The van der Waals surface area contributed by atoms with Gasteiger partial charge in [-0.1, -0.05) is 0 Å². The molecule has 0 aliphatic rings. The minimum absolute atomic E-state index is 0.0867. The van der Waals surface area contributed by atoms with Crippen molar-refractivity contribution in [3.63, 3.8) is 0 Å². The molecule has 2 aromatic rings. The van der Waals surface area contributed by atoms with Gasteiger partial charge in [0.15, 0.2) is 0 Å². The van der Waals surface area contributed by atoms with Gasteiger partial charge in [0, 0.05) is 18.2 Å². The molecule has 0 bridgehead atoms. The van der Waals surface area contributed by atoms with E-state index in [-0.39, 0.29) is 22.8 Å². The number of amides is 1. The van der Waals surface area contributed by atoms with Gasteiger partial charge >= 0.3 is 0 Å². The molecule has 0 unspecified atom stereocenters. The summed E-state index contributed by atoms with van der Waals surface area (Å²) >= 11 is 1.44. The topological polar surface area (TPSA) is 127 Å². The summed E-state index contributed by atoms with van der Waals surface area (Å²) in [6.07, 6.45) is 1.83. The van der Waals surface area contributed by atoms with Crippen LogP contribution in [0.25, 0.3) is 0 Å². The van der Waals surface area contributed by atoms with Crippen molar-refractivity contribution in [2.75, 3.05) is 18.7 Å². The number of methoxy groups -OCH3 is 1. The first-order valence-electron chi connectivity index (χ1n) is 6.67. The number of aromatic nitrogens is 2. The Morgan fingerprint density at radius 1 is 1.46 bits per heavy atom. The second-order valence-electron chi connectivity index (χ2n) is 4.61. The number of nitro benzene ring substituents is 1. The Hall–Kier alpha value is -2.88. The normalized spacial score (nSPS) is 10.2. The molecule has 0 aliphatic heterocycles. The number of carbonyl (C=O) groups is 1. The number of rotatable bonds is 6. The maximum Gasteiger partial charge on any atom is 0.274 e. The molecule has 0 atom stereocenters. The van der Waals surface area contributed by atoms with Crippen LogP contribution in [0, 0.1) is 10.1 Å². The van der Waals surface area contributed by atoms with Gasteiger partial charge in [-0.15, -0.1) is 0 Å². The summed E-state index contributed by atoms with van der Waals surface area (Å²) in [5.41, 5.74) is -0.625. The molecular formula is C14H14N4O5S. The molecule has 126 valence electrons.